The van der Waals surface area contributed by atoms with Crippen LogP contribution in [0.4, 0.5) is 5.69 Å². The number of carbonyl (C=O) groups is 1. The van der Waals surface area contributed by atoms with E-state index < -0.39 is 0 Å². The molecule has 0 radical (unpaired) electrons. The van der Waals surface area contributed by atoms with Gasteiger partial charge in [0.05, 0.1) is 27.4 Å². The quantitative estimate of drug-likeness (QED) is 0.366. The molecule has 4 rings (SSSR count). The molecule has 0 spiro atoms. The molecule has 0 aliphatic heterocycles. The SMILES string of the molecule is COc1cc(-c2nc3cc(NC(=O)c4cccc(OC(C)C)c4)ccc3o2)cc(OC)c1OC. The number of aromatic nitrogens is 1. The van der Waals surface area contributed by atoms with Gasteiger partial charge in [0.1, 0.15) is 11.3 Å². The summed E-state index contributed by atoms with van der Waals surface area (Å²) in [5.41, 5.74) is 2.93. The first kappa shape index (κ1) is 23.0. The number of hydrogen-bond donors (Lipinski definition) is 1. The molecule has 0 atom stereocenters. The molecule has 0 bridgehead atoms. The van der Waals surface area contributed by atoms with Crippen LogP contribution in [0, 0.1) is 0 Å². The monoisotopic (exact) mass is 462 g/mol. The van der Waals surface area contributed by atoms with Gasteiger partial charge in [-0.2, -0.15) is 0 Å². The summed E-state index contributed by atoms with van der Waals surface area (Å²) in [5.74, 6) is 2.26. The van der Waals surface area contributed by atoms with Crippen LogP contribution in [0.15, 0.2) is 59.0 Å². The normalized spacial score (nSPS) is 10.9. The second-order valence-electron chi connectivity index (χ2n) is 7.76. The Kier molecular flexibility index (Phi) is 6.58. The maximum Gasteiger partial charge on any atom is 0.255 e. The van der Waals surface area contributed by atoms with Crippen molar-refractivity contribution < 1.29 is 28.2 Å². The number of hydrogen-bond acceptors (Lipinski definition) is 7. The van der Waals surface area contributed by atoms with Crippen LogP contribution in [0.3, 0.4) is 0 Å². The van der Waals surface area contributed by atoms with Crippen molar-refractivity contribution in [3.63, 3.8) is 0 Å². The molecule has 176 valence electrons. The lowest BCUT2D eigenvalue weighted by atomic mass is 10.2. The Morgan fingerprint density at radius 3 is 2.32 bits per heavy atom. The Labute approximate surface area is 197 Å². The minimum absolute atomic E-state index is 0.0210. The third-order valence-corrected chi connectivity index (χ3v) is 5.03. The van der Waals surface area contributed by atoms with Crippen LogP contribution in [0.5, 0.6) is 23.0 Å². The summed E-state index contributed by atoms with van der Waals surface area (Å²) in [4.78, 5) is 17.4. The van der Waals surface area contributed by atoms with E-state index in [1.54, 1.807) is 69.9 Å². The maximum atomic E-state index is 12.8. The zero-order valence-corrected chi connectivity index (χ0v) is 19.7. The first-order chi connectivity index (χ1) is 16.4. The number of nitrogens with one attached hydrogen (secondary N) is 1. The highest BCUT2D eigenvalue weighted by Gasteiger charge is 2.18. The zero-order chi connectivity index (χ0) is 24.2. The second-order valence-corrected chi connectivity index (χ2v) is 7.76. The molecular formula is C26H26N2O6. The highest BCUT2D eigenvalue weighted by Crippen LogP contribution is 2.41. The standard InChI is InChI=1S/C26H26N2O6/c1-15(2)33-19-8-6-7-16(11-19)25(29)27-18-9-10-21-20(14-18)28-26(34-21)17-12-22(30-3)24(32-5)23(13-17)31-4/h6-15H,1-5H3,(H,27,29). The number of carbonyl (C=O) groups excluding carboxylic acids is 1. The van der Waals surface area contributed by atoms with E-state index in [1.165, 1.54) is 0 Å². The fourth-order valence-electron chi connectivity index (χ4n) is 3.52. The summed E-state index contributed by atoms with van der Waals surface area (Å²) >= 11 is 0. The third-order valence-electron chi connectivity index (χ3n) is 5.03. The Morgan fingerprint density at radius 1 is 0.941 bits per heavy atom. The number of nitrogens with zero attached hydrogens (tertiary/aromatic N) is 1. The van der Waals surface area contributed by atoms with E-state index in [9.17, 15) is 4.79 Å². The van der Waals surface area contributed by atoms with Gasteiger partial charge in [-0.25, -0.2) is 4.98 Å². The third kappa shape index (κ3) is 4.76. The zero-order valence-electron chi connectivity index (χ0n) is 19.7. The van der Waals surface area contributed by atoms with E-state index in [1.807, 2.05) is 19.9 Å². The Hall–Kier alpha value is -4.20. The van der Waals surface area contributed by atoms with Crippen LogP contribution < -0.4 is 24.3 Å². The van der Waals surface area contributed by atoms with Crippen LogP contribution in [-0.2, 0) is 0 Å². The van der Waals surface area contributed by atoms with Gasteiger partial charge in [0, 0.05) is 16.8 Å². The number of ether oxygens (including phenoxy) is 4. The molecule has 0 fully saturated rings. The molecular weight excluding hydrogens is 436 g/mol. The van der Waals surface area contributed by atoms with Crippen LogP contribution in [0.2, 0.25) is 0 Å². The Morgan fingerprint density at radius 2 is 1.68 bits per heavy atom. The molecule has 0 aliphatic rings. The van der Waals surface area contributed by atoms with Gasteiger partial charge in [-0.1, -0.05) is 6.07 Å². The van der Waals surface area contributed by atoms with Gasteiger partial charge in [0.15, 0.2) is 17.1 Å². The minimum Gasteiger partial charge on any atom is -0.493 e. The van der Waals surface area contributed by atoms with Gasteiger partial charge in [-0.3, -0.25) is 4.79 Å². The predicted octanol–water partition coefficient (Wildman–Crippen LogP) is 5.56. The summed E-state index contributed by atoms with van der Waals surface area (Å²) in [5, 5.41) is 2.90. The molecule has 34 heavy (non-hydrogen) atoms. The lowest BCUT2D eigenvalue weighted by Crippen LogP contribution is -2.12. The van der Waals surface area contributed by atoms with Crippen LogP contribution >= 0.6 is 0 Å². The van der Waals surface area contributed by atoms with Gasteiger partial charge in [-0.05, 0) is 62.4 Å². The minimum atomic E-state index is -0.248. The summed E-state index contributed by atoms with van der Waals surface area (Å²) in [6.45, 7) is 3.87. The van der Waals surface area contributed by atoms with Crippen LogP contribution in [-0.4, -0.2) is 38.3 Å². The average Bonchev–Trinajstić information content (AvgIpc) is 3.26. The number of methoxy groups -OCH3 is 3. The fourth-order valence-corrected chi connectivity index (χ4v) is 3.52. The van der Waals surface area contributed by atoms with Crippen LogP contribution in [0.25, 0.3) is 22.6 Å². The van der Waals surface area contributed by atoms with Gasteiger partial charge >= 0.3 is 0 Å². The van der Waals surface area contributed by atoms with Gasteiger partial charge in [0.2, 0.25) is 11.6 Å². The Bertz CT molecular complexity index is 1300. The highest BCUT2D eigenvalue weighted by atomic mass is 16.5. The number of anilines is 1. The molecule has 8 nitrogen and oxygen atoms in total. The van der Waals surface area contributed by atoms with E-state index in [0.717, 1.165) is 0 Å². The lowest BCUT2D eigenvalue weighted by molar-refractivity contribution is 0.102. The van der Waals surface area contributed by atoms with Crippen molar-refractivity contribution in [1.82, 2.24) is 4.98 Å². The largest absolute Gasteiger partial charge is 0.493 e. The fraction of sp³-hybridized carbons (Fsp3) is 0.231. The van der Waals surface area contributed by atoms with Gasteiger partial charge in [-0.15, -0.1) is 0 Å². The van der Waals surface area contributed by atoms with Crippen molar-refractivity contribution in [3.8, 4) is 34.5 Å². The van der Waals surface area contributed by atoms with Crippen molar-refractivity contribution >= 4 is 22.7 Å². The topological polar surface area (TPSA) is 92.1 Å². The van der Waals surface area contributed by atoms with E-state index in [4.69, 9.17) is 23.4 Å². The van der Waals surface area contributed by atoms with E-state index >= 15 is 0 Å². The van der Waals surface area contributed by atoms with Crippen molar-refractivity contribution in [2.75, 3.05) is 26.6 Å². The summed E-state index contributed by atoms with van der Waals surface area (Å²) in [6.07, 6.45) is 0.0210. The highest BCUT2D eigenvalue weighted by molar-refractivity contribution is 6.05. The first-order valence-corrected chi connectivity index (χ1v) is 10.7. The molecule has 1 aromatic heterocycles. The molecule has 0 unspecified atom stereocenters. The molecule has 0 saturated carbocycles. The van der Waals surface area contributed by atoms with Gasteiger partial charge < -0.3 is 28.7 Å². The number of fused-ring (bicyclic) bond motifs is 1. The number of amides is 1. The molecule has 1 amide bonds. The number of rotatable bonds is 8. The van der Waals surface area contributed by atoms with E-state index in [2.05, 4.69) is 10.3 Å². The number of benzene rings is 3. The van der Waals surface area contributed by atoms with Crippen molar-refractivity contribution in [3.05, 3.63) is 60.2 Å². The van der Waals surface area contributed by atoms with Crippen LogP contribution in [0.1, 0.15) is 24.2 Å². The summed E-state index contributed by atoms with van der Waals surface area (Å²) in [7, 11) is 4.64. The number of oxazole rings is 1. The molecule has 0 saturated heterocycles. The average molecular weight is 463 g/mol. The summed E-state index contributed by atoms with van der Waals surface area (Å²) in [6, 6.07) is 15.9. The maximum absolute atomic E-state index is 12.8. The molecule has 8 heteroatoms. The van der Waals surface area contributed by atoms with Crippen molar-refractivity contribution in [2.45, 2.75) is 20.0 Å². The van der Waals surface area contributed by atoms with E-state index in [-0.39, 0.29) is 12.0 Å². The molecule has 3 aromatic carbocycles. The lowest BCUT2D eigenvalue weighted by Gasteiger charge is -2.12. The van der Waals surface area contributed by atoms with Crippen molar-refractivity contribution in [2.24, 2.45) is 0 Å². The predicted molar refractivity (Wildman–Crippen MR) is 129 cm³/mol. The van der Waals surface area contributed by atoms with Crippen molar-refractivity contribution in [1.29, 1.82) is 0 Å². The van der Waals surface area contributed by atoms with E-state index in [0.29, 0.717) is 56.8 Å². The Balaban J connectivity index is 1.60. The second kappa shape index (κ2) is 9.74. The van der Waals surface area contributed by atoms with Gasteiger partial charge in [0.25, 0.3) is 5.91 Å². The molecule has 4 aromatic rings. The first-order valence-electron chi connectivity index (χ1n) is 10.7. The molecule has 0 aliphatic carbocycles. The smallest absolute Gasteiger partial charge is 0.255 e. The summed E-state index contributed by atoms with van der Waals surface area (Å²) < 4.78 is 27.8. The molecule has 1 heterocycles. The molecule has 1 N–H and O–H groups in total.